The van der Waals surface area contributed by atoms with Crippen molar-refractivity contribution in [3.05, 3.63) is 65.3 Å². The molecular weight excluding hydrogens is 382 g/mol. The molecule has 3 aromatic rings. The molecule has 0 amide bonds. The minimum Gasteiger partial charge on any atom is -0.324 e. The monoisotopic (exact) mass is 401 g/mol. The van der Waals surface area contributed by atoms with Gasteiger partial charge in [0, 0.05) is 16.6 Å². The highest BCUT2D eigenvalue weighted by Crippen LogP contribution is 2.36. The molecule has 5 nitrogen and oxygen atoms in total. The maximum absolute atomic E-state index is 12.0. The van der Waals surface area contributed by atoms with Gasteiger partial charge in [0.05, 0.1) is 23.0 Å². The summed E-state index contributed by atoms with van der Waals surface area (Å²) in [5, 5.41) is 11.5. The van der Waals surface area contributed by atoms with Crippen molar-refractivity contribution in [2.75, 3.05) is 10.5 Å². The predicted molar refractivity (Wildman–Crippen MR) is 109 cm³/mol. The molecular formula is C20H20ClN3O2S. The number of nitriles is 1. The highest BCUT2D eigenvalue weighted by Gasteiger charge is 2.33. The molecule has 0 aliphatic carbocycles. The maximum Gasteiger partial charge on any atom is 0.232 e. The summed E-state index contributed by atoms with van der Waals surface area (Å²) >= 11 is 6.01. The van der Waals surface area contributed by atoms with Gasteiger partial charge in [-0.1, -0.05) is 36.7 Å². The van der Waals surface area contributed by atoms with Crippen LogP contribution in [-0.4, -0.2) is 18.7 Å². The van der Waals surface area contributed by atoms with Crippen LogP contribution in [0, 0.1) is 11.3 Å². The third-order valence-electron chi connectivity index (χ3n) is 4.81. The minimum atomic E-state index is -3.40. The molecule has 0 aliphatic heterocycles. The second-order valence-corrected chi connectivity index (χ2v) is 8.71. The largest absolute Gasteiger partial charge is 0.324 e. The zero-order chi connectivity index (χ0) is 19.7. The van der Waals surface area contributed by atoms with Crippen molar-refractivity contribution in [3.8, 4) is 6.07 Å². The Labute approximate surface area is 164 Å². The van der Waals surface area contributed by atoms with Gasteiger partial charge in [0.15, 0.2) is 5.54 Å². The normalized spacial score (nSPS) is 13.9. The van der Waals surface area contributed by atoms with Crippen LogP contribution >= 0.6 is 11.6 Å². The van der Waals surface area contributed by atoms with Crippen LogP contribution < -0.4 is 4.72 Å². The molecule has 2 aromatic carbocycles. The van der Waals surface area contributed by atoms with Gasteiger partial charge in [-0.2, -0.15) is 5.26 Å². The number of sulfonamides is 1. The summed E-state index contributed by atoms with van der Waals surface area (Å²) in [5.41, 5.74) is 1.19. The molecule has 7 heteroatoms. The first-order valence-corrected chi connectivity index (χ1v) is 10.7. The van der Waals surface area contributed by atoms with Gasteiger partial charge in [-0.25, -0.2) is 8.42 Å². The van der Waals surface area contributed by atoms with Gasteiger partial charge in [0.25, 0.3) is 0 Å². The van der Waals surface area contributed by atoms with Gasteiger partial charge in [-0.3, -0.25) is 4.72 Å². The van der Waals surface area contributed by atoms with Crippen LogP contribution in [0.5, 0.6) is 0 Å². The highest BCUT2D eigenvalue weighted by molar-refractivity contribution is 7.92. The Morgan fingerprint density at radius 1 is 1.15 bits per heavy atom. The Morgan fingerprint density at radius 3 is 2.44 bits per heavy atom. The lowest BCUT2D eigenvalue weighted by Gasteiger charge is -2.29. The van der Waals surface area contributed by atoms with E-state index >= 15 is 0 Å². The first-order valence-electron chi connectivity index (χ1n) is 8.65. The lowest BCUT2D eigenvalue weighted by Crippen LogP contribution is -2.32. The molecule has 0 aliphatic rings. The number of halogens is 1. The van der Waals surface area contributed by atoms with Crippen molar-refractivity contribution in [1.29, 1.82) is 5.26 Å². The molecule has 0 bridgehead atoms. The molecule has 0 spiro atoms. The summed E-state index contributed by atoms with van der Waals surface area (Å²) in [5.74, 6) is -0.00797. The smallest absolute Gasteiger partial charge is 0.232 e. The third-order valence-corrected chi connectivity index (χ3v) is 6.35. The third kappa shape index (κ3) is 3.41. The average Bonchev–Trinajstić information content (AvgIpc) is 3.10. The summed E-state index contributed by atoms with van der Waals surface area (Å²) in [6.45, 7) is 3.54. The number of hydrogen-bond acceptors (Lipinski definition) is 3. The molecule has 3 rings (SSSR count). The van der Waals surface area contributed by atoms with Crippen molar-refractivity contribution < 1.29 is 8.42 Å². The van der Waals surface area contributed by atoms with Gasteiger partial charge in [-0.15, -0.1) is 0 Å². The van der Waals surface area contributed by atoms with Gasteiger partial charge >= 0.3 is 0 Å². The minimum absolute atomic E-state index is 0.00797. The summed E-state index contributed by atoms with van der Waals surface area (Å²) < 4.78 is 28.5. The van der Waals surface area contributed by atoms with Gasteiger partial charge in [0.1, 0.15) is 0 Å². The van der Waals surface area contributed by atoms with E-state index in [1.165, 1.54) is 0 Å². The first-order chi connectivity index (χ1) is 12.9. The van der Waals surface area contributed by atoms with E-state index in [2.05, 4.69) is 10.8 Å². The van der Waals surface area contributed by atoms with Crippen LogP contribution in [0.4, 0.5) is 5.69 Å². The standard InChI is InChI=1S/C20H20ClN3O2S/c1-3-20(14-22,15-8-10-16(21)11-9-15)24-13-12-17-18(6-5-7-19(17)24)23-27(25,26)4-2/h5-13,23H,3-4H2,1-2H3. The summed E-state index contributed by atoms with van der Waals surface area (Å²) in [6, 6.07) is 16.9. The fourth-order valence-corrected chi connectivity index (χ4v) is 4.05. The van der Waals surface area contributed by atoms with Crippen molar-refractivity contribution in [3.63, 3.8) is 0 Å². The van der Waals surface area contributed by atoms with E-state index in [9.17, 15) is 13.7 Å². The van der Waals surface area contributed by atoms with Gasteiger partial charge < -0.3 is 4.57 Å². The molecule has 1 aromatic heterocycles. The second-order valence-electron chi connectivity index (χ2n) is 6.26. The van der Waals surface area contributed by atoms with Crippen LogP contribution in [0.1, 0.15) is 25.8 Å². The Morgan fingerprint density at radius 2 is 1.85 bits per heavy atom. The number of nitrogens with one attached hydrogen (secondary N) is 1. The second kappa shape index (κ2) is 7.26. The molecule has 1 N–H and O–H groups in total. The molecule has 1 unspecified atom stereocenters. The van der Waals surface area contributed by atoms with E-state index in [1.807, 2.05) is 42.0 Å². The summed E-state index contributed by atoms with van der Waals surface area (Å²) in [4.78, 5) is 0. The number of anilines is 1. The average molecular weight is 402 g/mol. The molecule has 0 radical (unpaired) electrons. The number of nitrogens with zero attached hydrogens (tertiary/aromatic N) is 2. The van der Waals surface area contributed by atoms with Crippen molar-refractivity contribution in [2.24, 2.45) is 0 Å². The Bertz CT molecular complexity index is 1110. The Hall–Kier alpha value is -2.49. The molecule has 0 fully saturated rings. The highest BCUT2D eigenvalue weighted by atomic mass is 35.5. The molecule has 1 heterocycles. The summed E-state index contributed by atoms with van der Waals surface area (Å²) in [7, 11) is -3.40. The van der Waals surface area contributed by atoms with E-state index in [4.69, 9.17) is 11.6 Å². The maximum atomic E-state index is 12.0. The fourth-order valence-electron chi connectivity index (χ4n) is 3.27. The van der Waals surface area contributed by atoms with Crippen molar-refractivity contribution in [2.45, 2.75) is 25.8 Å². The lowest BCUT2D eigenvalue weighted by molar-refractivity contribution is 0.459. The summed E-state index contributed by atoms with van der Waals surface area (Å²) in [6.07, 6.45) is 2.37. The molecule has 27 heavy (non-hydrogen) atoms. The number of aromatic nitrogens is 1. The fraction of sp³-hybridized carbons (Fsp3) is 0.250. The predicted octanol–water partition coefficient (Wildman–Crippen LogP) is 4.73. The van der Waals surface area contributed by atoms with Crippen LogP contribution in [0.15, 0.2) is 54.7 Å². The Balaban J connectivity index is 2.21. The number of hydrogen-bond donors (Lipinski definition) is 1. The van der Waals surface area contributed by atoms with Crippen LogP contribution in [0.2, 0.25) is 5.02 Å². The van der Waals surface area contributed by atoms with Crippen LogP contribution in [-0.2, 0) is 15.6 Å². The van der Waals surface area contributed by atoms with Crippen molar-refractivity contribution >= 4 is 38.2 Å². The topological polar surface area (TPSA) is 74.9 Å². The van der Waals surface area contributed by atoms with E-state index in [1.54, 1.807) is 31.2 Å². The van der Waals surface area contributed by atoms with E-state index in [0.29, 0.717) is 17.1 Å². The quantitative estimate of drug-likeness (QED) is 0.648. The van der Waals surface area contributed by atoms with Gasteiger partial charge in [-0.05, 0) is 49.2 Å². The SMILES string of the molecule is CCC(C#N)(c1ccc(Cl)cc1)n1ccc2c(NS(=O)(=O)CC)cccc21. The van der Waals surface area contributed by atoms with Crippen molar-refractivity contribution in [1.82, 2.24) is 4.57 Å². The zero-order valence-electron chi connectivity index (χ0n) is 15.1. The number of rotatable bonds is 6. The lowest BCUT2D eigenvalue weighted by atomic mass is 9.88. The number of fused-ring (bicyclic) bond motifs is 1. The van der Waals surface area contributed by atoms with E-state index in [-0.39, 0.29) is 5.75 Å². The number of benzene rings is 2. The molecule has 1 atom stereocenters. The molecule has 140 valence electrons. The van der Waals surface area contributed by atoms with Gasteiger partial charge in [0.2, 0.25) is 10.0 Å². The molecule has 0 saturated heterocycles. The van der Waals surface area contributed by atoms with E-state index < -0.39 is 15.6 Å². The first kappa shape index (κ1) is 19.3. The van der Waals surface area contributed by atoms with Crippen LogP contribution in [0.25, 0.3) is 10.9 Å². The zero-order valence-corrected chi connectivity index (χ0v) is 16.7. The Kier molecular flexibility index (Phi) is 5.18. The van der Waals surface area contributed by atoms with E-state index in [0.717, 1.165) is 16.5 Å². The van der Waals surface area contributed by atoms with Crippen LogP contribution in [0.3, 0.4) is 0 Å². The molecule has 0 saturated carbocycles.